The molecule has 0 atom stereocenters. The molecule has 4 rings (SSSR count). The van der Waals surface area contributed by atoms with Crippen molar-refractivity contribution in [3.63, 3.8) is 0 Å². The minimum absolute atomic E-state index is 0.0564. The van der Waals surface area contributed by atoms with Crippen LogP contribution in [0.2, 0.25) is 0 Å². The van der Waals surface area contributed by atoms with Gasteiger partial charge in [-0.25, -0.2) is 9.67 Å². The highest BCUT2D eigenvalue weighted by atomic mass is 32.1. The number of carbonyl (C=O) groups excluding carboxylic acids is 1. The van der Waals surface area contributed by atoms with E-state index < -0.39 is 0 Å². The predicted molar refractivity (Wildman–Crippen MR) is 101 cm³/mol. The van der Waals surface area contributed by atoms with Gasteiger partial charge in [-0.2, -0.15) is 5.10 Å². The molecule has 130 valence electrons. The van der Waals surface area contributed by atoms with Crippen LogP contribution in [0.15, 0.2) is 36.5 Å². The molecule has 0 saturated heterocycles. The van der Waals surface area contributed by atoms with E-state index in [2.05, 4.69) is 21.5 Å². The summed E-state index contributed by atoms with van der Waals surface area (Å²) in [5.74, 6) is 0.887. The Morgan fingerprint density at radius 1 is 1.24 bits per heavy atom. The molecule has 0 spiro atoms. The molecule has 6 heteroatoms. The molecule has 2 aromatic heterocycles. The number of anilines is 1. The third-order valence-corrected chi connectivity index (χ3v) is 5.84. The fourth-order valence-corrected chi connectivity index (χ4v) is 4.49. The number of rotatable bonds is 6. The zero-order chi connectivity index (χ0) is 17.1. The molecule has 0 aliphatic heterocycles. The molecule has 0 unspecified atom stereocenters. The zero-order valence-corrected chi connectivity index (χ0v) is 15.0. The highest BCUT2D eigenvalue weighted by molar-refractivity contribution is 7.18. The molecule has 2 heterocycles. The first kappa shape index (κ1) is 16.3. The van der Waals surface area contributed by atoms with E-state index >= 15 is 0 Å². The molecule has 3 aromatic rings. The Morgan fingerprint density at radius 3 is 2.92 bits per heavy atom. The Bertz CT molecular complexity index is 830. The highest BCUT2D eigenvalue weighted by Crippen LogP contribution is 2.31. The maximum Gasteiger partial charge on any atom is 0.225 e. The van der Waals surface area contributed by atoms with Crippen LogP contribution in [0.3, 0.4) is 0 Å². The number of thiazole rings is 1. The van der Waals surface area contributed by atoms with Crippen LogP contribution in [0, 0.1) is 0 Å². The second kappa shape index (κ2) is 7.35. The van der Waals surface area contributed by atoms with Crippen molar-refractivity contribution in [2.24, 2.45) is 0 Å². The summed E-state index contributed by atoms with van der Waals surface area (Å²) in [6.07, 6.45) is 8.74. The van der Waals surface area contributed by atoms with Crippen molar-refractivity contribution in [2.45, 2.75) is 51.0 Å². The van der Waals surface area contributed by atoms with Crippen molar-refractivity contribution in [3.8, 4) is 0 Å². The molecule has 1 N–H and O–H groups in total. The molecule has 25 heavy (non-hydrogen) atoms. The van der Waals surface area contributed by atoms with E-state index in [0.29, 0.717) is 12.5 Å². The third-order valence-electron chi connectivity index (χ3n) is 4.74. The first-order chi connectivity index (χ1) is 12.3. The quantitative estimate of drug-likeness (QED) is 0.705. The third kappa shape index (κ3) is 3.74. The van der Waals surface area contributed by atoms with Gasteiger partial charge in [0.2, 0.25) is 5.91 Å². The van der Waals surface area contributed by atoms with Crippen LogP contribution in [0.4, 0.5) is 5.82 Å². The lowest BCUT2D eigenvalue weighted by Crippen LogP contribution is -2.17. The molecule has 1 aliphatic carbocycles. The van der Waals surface area contributed by atoms with E-state index in [9.17, 15) is 4.79 Å². The summed E-state index contributed by atoms with van der Waals surface area (Å²) in [4.78, 5) is 16.9. The second-order valence-electron chi connectivity index (χ2n) is 6.58. The molecule has 1 amide bonds. The van der Waals surface area contributed by atoms with Gasteiger partial charge in [-0.3, -0.25) is 4.79 Å². The number of fused-ring (bicyclic) bond motifs is 1. The van der Waals surface area contributed by atoms with E-state index in [0.717, 1.165) is 42.0 Å². The summed E-state index contributed by atoms with van der Waals surface area (Å²) in [6, 6.07) is 10.5. The van der Waals surface area contributed by atoms with Crippen molar-refractivity contribution in [2.75, 3.05) is 5.32 Å². The fraction of sp³-hybridized carbons (Fsp3) is 0.421. The largest absolute Gasteiger partial charge is 0.311 e. The number of nitrogens with one attached hydrogen (secondary N) is 1. The monoisotopic (exact) mass is 354 g/mol. The highest BCUT2D eigenvalue weighted by Gasteiger charge is 2.20. The zero-order valence-electron chi connectivity index (χ0n) is 14.1. The Morgan fingerprint density at radius 2 is 2.08 bits per heavy atom. The molecule has 1 saturated carbocycles. The summed E-state index contributed by atoms with van der Waals surface area (Å²) in [6.45, 7) is 0. The lowest BCUT2D eigenvalue weighted by Gasteiger charge is -2.14. The molecule has 1 fully saturated rings. The summed E-state index contributed by atoms with van der Waals surface area (Å²) in [5.41, 5.74) is 1.05. The SMILES string of the molecule is O=C(CCCc1nc2ccccc2s1)Nc1ccnn1C1CCCC1. The predicted octanol–water partition coefficient (Wildman–Crippen LogP) is 4.57. The van der Waals surface area contributed by atoms with E-state index in [4.69, 9.17) is 0 Å². The van der Waals surface area contributed by atoms with Gasteiger partial charge in [0.25, 0.3) is 0 Å². The van der Waals surface area contributed by atoms with E-state index in [1.165, 1.54) is 17.5 Å². The molecule has 0 radical (unpaired) electrons. The van der Waals surface area contributed by atoms with E-state index in [1.807, 2.05) is 28.9 Å². The average Bonchev–Trinajstić information content (AvgIpc) is 3.34. The normalized spacial score (nSPS) is 15.0. The Balaban J connectivity index is 1.30. The van der Waals surface area contributed by atoms with Crippen LogP contribution in [0.1, 0.15) is 49.6 Å². The summed E-state index contributed by atoms with van der Waals surface area (Å²) < 4.78 is 3.20. The molecular formula is C19H22N4OS. The van der Waals surface area contributed by atoms with E-state index in [-0.39, 0.29) is 5.91 Å². The van der Waals surface area contributed by atoms with Gasteiger partial charge in [-0.1, -0.05) is 25.0 Å². The Hall–Kier alpha value is -2.21. The number of hydrogen-bond acceptors (Lipinski definition) is 4. The maximum atomic E-state index is 12.3. The molecule has 0 bridgehead atoms. The summed E-state index contributed by atoms with van der Waals surface area (Å²) in [7, 11) is 0. The minimum atomic E-state index is 0.0564. The Kier molecular flexibility index (Phi) is 4.78. The number of aromatic nitrogens is 3. The number of amides is 1. The van der Waals surface area contributed by atoms with Gasteiger partial charge >= 0.3 is 0 Å². The van der Waals surface area contributed by atoms with Gasteiger partial charge in [0.15, 0.2) is 0 Å². The number of aryl methyl sites for hydroxylation is 1. The summed E-state index contributed by atoms with van der Waals surface area (Å²) >= 11 is 1.72. The minimum Gasteiger partial charge on any atom is -0.311 e. The van der Waals surface area contributed by atoms with Crippen LogP contribution in [0.5, 0.6) is 0 Å². The van der Waals surface area contributed by atoms with Crippen LogP contribution >= 0.6 is 11.3 Å². The first-order valence-corrected chi connectivity index (χ1v) is 9.79. The topological polar surface area (TPSA) is 59.8 Å². The number of nitrogens with zero attached hydrogens (tertiary/aromatic N) is 3. The lowest BCUT2D eigenvalue weighted by molar-refractivity contribution is -0.116. The number of para-hydroxylation sites is 1. The van der Waals surface area contributed by atoms with E-state index in [1.54, 1.807) is 17.5 Å². The van der Waals surface area contributed by atoms with Crippen molar-refractivity contribution < 1.29 is 4.79 Å². The van der Waals surface area contributed by atoms with Gasteiger partial charge in [0.1, 0.15) is 5.82 Å². The smallest absolute Gasteiger partial charge is 0.225 e. The Labute approximate surface area is 151 Å². The van der Waals surface area contributed by atoms with Crippen molar-refractivity contribution in [3.05, 3.63) is 41.5 Å². The number of hydrogen-bond donors (Lipinski definition) is 1. The van der Waals surface area contributed by atoms with Crippen LogP contribution in [-0.4, -0.2) is 20.7 Å². The lowest BCUT2D eigenvalue weighted by atomic mass is 10.2. The van der Waals surface area contributed by atoms with Crippen LogP contribution in [0.25, 0.3) is 10.2 Å². The second-order valence-corrected chi connectivity index (χ2v) is 7.69. The molecule has 1 aromatic carbocycles. The van der Waals surface area contributed by atoms with Gasteiger partial charge < -0.3 is 5.32 Å². The van der Waals surface area contributed by atoms with Gasteiger partial charge in [-0.05, 0) is 37.8 Å². The van der Waals surface area contributed by atoms with Crippen molar-refractivity contribution in [1.82, 2.24) is 14.8 Å². The van der Waals surface area contributed by atoms with Crippen molar-refractivity contribution in [1.29, 1.82) is 0 Å². The fourth-order valence-electron chi connectivity index (χ4n) is 3.49. The molecular weight excluding hydrogens is 332 g/mol. The van der Waals surface area contributed by atoms with Crippen LogP contribution in [-0.2, 0) is 11.2 Å². The number of benzene rings is 1. The maximum absolute atomic E-state index is 12.3. The van der Waals surface area contributed by atoms with Crippen molar-refractivity contribution >= 4 is 33.3 Å². The summed E-state index contributed by atoms with van der Waals surface area (Å²) in [5, 5.41) is 8.52. The average molecular weight is 354 g/mol. The first-order valence-electron chi connectivity index (χ1n) is 8.97. The van der Waals surface area contributed by atoms with Gasteiger partial charge in [-0.15, -0.1) is 11.3 Å². The molecule has 5 nitrogen and oxygen atoms in total. The standard InChI is InChI=1S/C19H22N4OS/c24-18(22-17-12-13-20-23(17)14-6-1-2-7-14)10-5-11-19-21-15-8-3-4-9-16(15)25-19/h3-4,8-9,12-14H,1-2,5-7,10-11H2,(H,22,24). The molecule has 1 aliphatic rings. The van der Waals surface area contributed by atoms with Gasteiger partial charge in [0.05, 0.1) is 27.5 Å². The van der Waals surface area contributed by atoms with Crippen LogP contribution < -0.4 is 5.32 Å². The van der Waals surface area contributed by atoms with Gasteiger partial charge in [0, 0.05) is 12.5 Å². The number of carbonyl (C=O) groups is 1.